The van der Waals surface area contributed by atoms with Crippen molar-refractivity contribution >= 4 is 17.3 Å². The van der Waals surface area contributed by atoms with Crippen LogP contribution in [0, 0.1) is 0 Å². The van der Waals surface area contributed by atoms with Crippen molar-refractivity contribution in [2.24, 2.45) is 0 Å². The molecule has 1 atom stereocenters. The maximum atomic E-state index is 9.80. The van der Waals surface area contributed by atoms with Crippen molar-refractivity contribution in [2.45, 2.75) is 32.5 Å². The average molecular weight is 288 g/mol. The molecule has 0 aliphatic rings. The van der Waals surface area contributed by atoms with Crippen LogP contribution in [0.5, 0.6) is 5.75 Å². The predicted octanol–water partition coefficient (Wildman–Crippen LogP) is 2.94. The molecule has 0 saturated heterocycles. The van der Waals surface area contributed by atoms with Crippen molar-refractivity contribution in [1.82, 2.24) is 0 Å². The second kappa shape index (κ2) is 6.98. The summed E-state index contributed by atoms with van der Waals surface area (Å²) in [4.78, 5) is 0. The highest BCUT2D eigenvalue weighted by atomic mass is 35.5. The molecule has 4 nitrogen and oxygen atoms in total. The van der Waals surface area contributed by atoms with E-state index < -0.39 is 6.10 Å². The van der Waals surface area contributed by atoms with E-state index in [1.165, 1.54) is 0 Å². The number of ether oxygens (including phenoxy) is 2. The molecule has 0 aliphatic heterocycles. The van der Waals surface area contributed by atoms with Gasteiger partial charge in [0, 0.05) is 12.2 Å². The number of aliphatic hydroxyl groups is 1. The fraction of sp³-hybridized carbons (Fsp3) is 0.571. The van der Waals surface area contributed by atoms with E-state index in [1.807, 2.05) is 26.8 Å². The van der Waals surface area contributed by atoms with Crippen molar-refractivity contribution in [3.05, 3.63) is 23.2 Å². The lowest BCUT2D eigenvalue weighted by atomic mass is 10.2. The van der Waals surface area contributed by atoms with Crippen LogP contribution in [-0.2, 0) is 4.74 Å². The Morgan fingerprint density at radius 2 is 2.05 bits per heavy atom. The number of benzene rings is 1. The lowest BCUT2D eigenvalue weighted by Gasteiger charge is -2.22. The molecule has 19 heavy (non-hydrogen) atoms. The average Bonchev–Trinajstić information content (AvgIpc) is 2.33. The van der Waals surface area contributed by atoms with Crippen LogP contribution in [-0.4, -0.2) is 37.1 Å². The van der Waals surface area contributed by atoms with Crippen LogP contribution in [0.2, 0.25) is 5.02 Å². The fourth-order valence-corrected chi connectivity index (χ4v) is 1.67. The summed E-state index contributed by atoms with van der Waals surface area (Å²) < 4.78 is 10.6. The van der Waals surface area contributed by atoms with Crippen LogP contribution in [0.4, 0.5) is 5.69 Å². The highest BCUT2D eigenvalue weighted by Gasteiger charge is 2.13. The predicted molar refractivity (Wildman–Crippen MR) is 78.2 cm³/mol. The minimum Gasteiger partial charge on any atom is -0.495 e. The zero-order valence-electron chi connectivity index (χ0n) is 11.9. The summed E-state index contributed by atoms with van der Waals surface area (Å²) in [7, 11) is 1.57. The molecule has 0 amide bonds. The number of methoxy groups -OCH3 is 1. The van der Waals surface area contributed by atoms with Crippen molar-refractivity contribution < 1.29 is 14.6 Å². The summed E-state index contributed by atoms with van der Waals surface area (Å²) in [6, 6.07) is 5.39. The van der Waals surface area contributed by atoms with Gasteiger partial charge < -0.3 is 19.9 Å². The van der Waals surface area contributed by atoms with Crippen molar-refractivity contribution in [1.29, 1.82) is 0 Å². The maximum absolute atomic E-state index is 9.80. The van der Waals surface area contributed by atoms with Gasteiger partial charge in [0.25, 0.3) is 0 Å². The number of hydrogen-bond donors (Lipinski definition) is 2. The lowest BCUT2D eigenvalue weighted by Crippen LogP contribution is -2.30. The minimum absolute atomic E-state index is 0.246. The molecular weight excluding hydrogens is 266 g/mol. The summed E-state index contributed by atoms with van der Waals surface area (Å²) in [6.45, 7) is 6.56. The zero-order chi connectivity index (χ0) is 14.5. The number of aliphatic hydroxyl groups excluding tert-OH is 1. The standard InChI is InChI=1S/C14H22ClNO3/c1-14(2,3)19-9-11(17)8-16-10-5-6-13(18-4)12(15)7-10/h5-7,11,16-17H,8-9H2,1-4H3. The largest absolute Gasteiger partial charge is 0.495 e. The maximum Gasteiger partial charge on any atom is 0.137 e. The third kappa shape index (κ3) is 6.14. The van der Waals surface area contributed by atoms with Gasteiger partial charge in [-0.2, -0.15) is 0 Å². The normalized spacial score (nSPS) is 13.2. The van der Waals surface area contributed by atoms with Crippen LogP contribution in [0.3, 0.4) is 0 Å². The van der Waals surface area contributed by atoms with Crippen molar-refractivity contribution in [3.63, 3.8) is 0 Å². The third-order valence-corrected chi connectivity index (χ3v) is 2.70. The summed E-state index contributed by atoms with van der Waals surface area (Å²) in [5.41, 5.74) is 0.588. The first-order valence-electron chi connectivity index (χ1n) is 6.21. The topological polar surface area (TPSA) is 50.7 Å². The molecule has 1 rings (SSSR count). The van der Waals surface area contributed by atoms with Gasteiger partial charge in [-0.3, -0.25) is 0 Å². The van der Waals surface area contributed by atoms with Gasteiger partial charge in [-0.1, -0.05) is 11.6 Å². The molecule has 2 N–H and O–H groups in total. The molecule has 1 aromatic rings. The Balaban J connectivity index is 2.42. The summed E-state index contributed by atoms with van der Waals surface area (Å²) >= 11 is 6.01. The van der Waals surface area contributed by atoms with Crippen LogP contribution in [0.1, 0.15) is 20.8 Å². The lowest BCUT2D eigenvalue weighted by molar-refractivity contribution is -0.0449. The van der Waals surface area contributed by atoms with E-state index in [-0.39, 0.29) is 5.60 Å². The Hall–Kier alpha value is -0.970. The van der Waals surface area contributed by atoms with Gasteiger partial charge in [-0.25, -0.2) is 0 Å². The van der Waals surface area contributed by atoms with E-state index in [4.69, 9.17) is 21.1 Å². The van der Waals surface area contributed by atoms with E-state index in [0.29, 0.717) is 23.9 Å². The van der Waals surface area contributed by atoms with Gasteiger partial charge in [0.1, 0.15) is 5.75 Å². The van der Waals surface area contributed by atoms with Gasteiger partial charge in [-0.15, -0.1) is 0 Å². The van der Waals surface area contributed by atoms with Crippen molar-refractivity contribution in [3.8, 4) is 5.75 Å². The fourth-order valence-electron chi connectivity index (χ4n) is 1.42. The molecule has 0 heterocycles. The van der Waals surface area contributed by atoms with Gasteiger partial charge in [0.05, 0.1) is 30.4 Å². The molecule has 0 fully saturated rings. The van der Waals surface area contributed by atoms with Crippen LogP contribution < -0.4 is 10.1 Å². The Kier molecular flexibility index (Phi) is 5.91. The number of hydrogen-bond acceptors (Lipinski definition) is 4. The minimum atomic E-state index is -0.569. The van der Waals surface area contributed by atoms with E-state index >= 15 is 0 Å². The van der Waals surface area contributed by atoms with E-state index in [9.17, 15) is 5.11 Å². The molecule has 0 spiro atoms. The monoisotopic (exact) mass is 287 g/mol. The smallest absolute Gasteiger partial charge is 0.137 e. The van der Waals surface area contributed by atoms with Crippen molar-refractivity contribution in [2.75, 3.05) is 25.6 Å². The first-order chi connectivity index (χ1) is 8.81. The summed E-state index contributed by atoms with van der Waals surface area (Å²) in [5.74, 6) is 0.629. The molecule has 0 radical (unpaired) electrons. The number of halogens is 1. The van der Waals surface area contributed by atoms with E-state index in [0.717, 1.165) is 5.69 Å². The molecule has 5 heteroatoms. The van der Waals surface area contributed by atoms with Gasteiger partial charge >= 0.3 is 0 Å². The Morgan fingerprint density at radius 3 is 2.58 bits per heavy atom. The Bertz CT molecular complexity index is 404. The highest BCUT2D eigenvalue weighted by molar-refractivity contribution is 6.32. The Labute approximate surface area is 119 Å². The number of anilines is 1. The van der Waals surface area contributed by atoms with Gasteiger partial charge in [-0.05, 0) is 39.0 Å². The first kappa shape index (κ1) is 16.1. The second-order valence-electron chi connectivity index (χ2n) is 5.31. The third-order valence-electron chi connectivity index (χ3n) is 2.40. The van der Waals surface area contributed by atoms with Gasteiger partial charge in [0.2, 0.25) is 0 Å². The SMILES string of the molecule is COc1ccc(NCC(O)COC(C)(C)C)cc1Cl. The molecule has 1 unspecified atom stereocenters. The van der Waals surface area contributed by atoms with Gasteiger partial charge in [0.15, 0.2) is 0 Å². The first-order valence-corrected chi connectivity index (χ1v) is 6.59. The molecule has 108 valence electrons. The molecule has 0 aromatic heterocycles. The molecule has 1 aromatic carbocycles. The molecule has 0 saturated carbocycles. The summed E-state index contributed by atoms with van der Waals surface area (Å²) in [6.07, 6.45) is -0.569. The number of rotatable bonds is 6. The highest BCUT2D eigenvalue weighted by Crippen LogP contribution is 2.27. The quantitative estimate of drug-likeness (QED) is 0.845. The molecule has 0 aliphatic carbocycles. The summed E-state index contributed by atoms with van der Waals surface area (Å²) in [5, 5.41) is 13.4. The van der Waals surface area contributed by atoms with E-state index in [1.54, 1.807) is 19.2 Å². The zero-order valence-corrected chi connectivity index (χ0v) is 12.6. The Morgan fingerprint density at radius 1 is 1.37 bits per heavy atom. The van der Waals surface area contributed by atoms with Crippen LogP contribution >= 0.6 is 11.6 Å². The molecular formula is C14H22ClNO3. The van der Waals surface area contributed by atoms with E-state index in [2.05, 4.69) is 5.32 Å². The molecule has 0 bridgehead atoms. The van der Waals surface area contributed by atoms with Crippen LogP contribution in [0.15, 0.2) is 18.2 Å². The number of nitrogens with one attached hydrogen (secondary N) is 1. The second-order valence-corrected chi connectivity index (χ2v) is 5.71. The van der Waals surface area contributed by atoms with Crippen LogP contribution in [0.25, 0.3) is 0 Å².